The van der Waals surface area contributed by atoms with Crippen LogP contribution in [-0.2, 0) is 4.79 Å². The van der Waals surface area contributed by atoms with Gasteiger partial charge in [-0.3, -0.25) is 9.59 Å². The van der Waals surface area contributed by atoms with E-state index in [0.29, 0.717) is 46.6 Å². The van der Waals surface area contributed by atoms with Gasteiger partial charge in [0, 0.05) is 28.7 Å². The average Bonchev–Trinajstić information content (AvgIpc) is 2.58. The normalized spacial score (nSPS) is 10.3. The molecule has 2 rings (SSSR count). The molecular weight excluding hydrogens is 375 g/mol. The topological polar surface area (TPSA) is 67.4 Å². The second-order valence-electron chi connectivity index (χ2n) is 5.49. The van der Waals surface area contributed by atoms with Crippen molar-refractivity contribution in [3.8, 4) is 5.75 Å². The maximum Gasteiger partial charge on any atom is 0.255 e. The highest BCUT2D eigenvalue weighted by atomic mass is 35.5. The number of carbonyl (C=O) groups is 2. The summed E-state index contributed by atoms with van der Waals surface area (Å²) in [5.74, 6) is 0.145. The van der Waals surface area contributed by atoms with Crippen LogP contribution < -0.4 is 15.4 Å². The average molecular weight is 395 g/mol. The number of para-hydroxylation sites is 1. The minimum Gasteiger partial charge on any atom is -0.493 e. The van der Waals surface area contributed by atoms with Gasteiger partial charge in [-0.2, -0.15) is 0 Å². The van der Waals surface area contributed by atoms with E-state index < -0.39 is 0 Å². The van der Waals surface area contributed by atoms with E-state index in [9.17, 15) is 9.59 Å². The molecule has 7 heteroatoms. The third-order valence-corrected chi connectivity index (χ3v) is 3.88. The molecule has 2 aromatic rings. The van der Waals surface area contributed by atoms with Gasteiger partial charge in [0.05, 0.1) is 12.2 Å². The van der Waals surface area contributed by atoms with Crippen molar-refractivity contribution in [1.29, 1.82) is 0 Å². The predicted octanol–water partition coefficient (Wildman–Crippen LogP) is 4.54. The van der Waals surface area contributed by atoms with Gasteiger partial charge in [-0.05, 0) is 43.7 Å². The summed E-state index contributed by atoms with van der Waals surface area (Å²) in [6, 6.07) is 11.9. The molecule has 2 aromatic carbocycles. The number of rotatable bonds is 8. The Labute approximate surface area is 162 Å². The van der Waals surface area contributed by atoms with Crippen LogP contribution in [0.2, 0.25) is 10.0 Å². The molecule has 0 saturated heterocycles. The molecule has 2 amide bonds. The maximum absolute atomic E-state index is 12.2. The lowest BCUT2D eigenvalue weighted by Crippen LogP contribution is -2.26. The van der Waals surface area contributed by atoms with E-state index >= 15 is 0 Å². The highest BCUT2D eigenvalue weighted by molar-refractivity contribution is 6.35. The zero-order chi connectivity index (χ0) is 18.9. The highest BCUT2D eigenvalue weighted by Gasteiger charge is 2.11. The molecule has 0 aliphatic heterocycles. The fraction of sp³-hybridized carbons (Fsp3) is 0.263. The first-order valence-corrected chi connectivity index (χ1v) is 9.01. The number of nitrogens with one attached hydrogen (secondary N) is 2. The van der Waals surface area contributed by atoms with Crippen molar-refractivity contribution in [2.75, 3.05) is 18.5 Å². The number of hydrogen-bond donors (Lipinski definition) is 2. The van der Waals surface area contributed by atoms with Gasteiger partial charge in [0.15, 0.2) is 0 Å². The SMILES string of the molecule is CCOc1ccccc1C(=O)NCCCC(=O)Nc1cc(Cl)cc(Cl)c1. The fourth-order valence-corrected chi connectivity index (χ4v) is 2.86. The lowest BCUT2D eigenvalue weighted by Gasteiger charge is -2.10. The lowest BCUT2D eigenvalue weighted by molar-refractivity contribution is -0.116. The number of ether oxygens (including phenoxy) is 1. The van der Waals surface area contributed by atoms with E-state index in [1.807, 2.05) is 13.0 Å². The first kappa shape index (κ1) is 20.1. The zero-order valence-corrected chi connectivity index (χ0v) is 15.9. The molecule has 0 aliphatic rings. The number of hydrogen-bond acceptors (Lipinski definition) is 3. The van der Waals surface area contributed by atoms with E-state index in [2.05, 4.69) is 10.6 Å². The van der Waals surface area contributed by atoms with E-state index in [-0.39, 0.29) is 18.2 Å². The van der Waals surface area contributed by atoms with E-state index in [1.54, 1.807) is 36.4 Å². The summed E-state index contributed by atoms with van der Waals surface area (Å²) in [5, 5.41) is 6.43. The van der Waals surface area contributed by atoms with Crippen LogP contribution in [0.25, 0.3) is 0 Å². The Hall–Kier alpha value is -2.24. The number of carbonyl (C=O) groups excluding carboxylic acids is 2. The van der Waals surface area contributed by atoms with Crippen molar-refractivity contribution in [2.45, 2.75) is 19.8 Å². The van der Waals surface area contributed by atoms with Gasteiger partial charge >= 0.3 is 0 Å². The number of benzene rings is 2. The number of anilines is 1. The predicted molar refractivity (Wildman–Crippen MR) is 104 cm³/mol. The minimum absolute atomic E-state index is 0.174. The second kappa shape index (κ2) is 10.0. The molecule has 138 valence electrons. The van der Waals surface area contributed by atoms with Gasteiger partial charge in [-0.15, -0.1) is 0 Å². The van der Waals surface area contributed by atoms with E-state index in [4.69, 9.17) is 27.9 Å². The highest BCUT2D eigenvalue weighted by Crippen LogP contribution is 2.22. The van der Waals surface area contributed by atoms with Gasteiger partial charge < -0.3 is 15.4 Å². The third-order valence-electron chi connectivity index (χ3n) is 3.44. The van der Waals surface area contributed by atoms with Crippen molar-refractivity contribution in [3.05, 3.63) is 58.1 Å². The van der Waals surface area contributed by atoms with Gasteiger partial charge in [0.2, 0.25) is 5.91 Å². The van der Waals surface area contributed by atoms with Gasteiger partial charge in [-0.1, -0.05) is 35.3 Å². The van der Waals surface area contributed by atoms with Gasteiger partial charge in [0.1, 0.15) is 5.75 Å². The van der Waals surface area contributed by atoms with Gasteiger partial charge in [-0.25, -0.2) is 0 Å². The first-order chi connectivity index (χ1) is 12.5. The van der Waals surface area contributed by atoms with Crippen molar-refractivity contribution < 1.29 is 14.3 Å². The van der Waals surface area contributed by atoms with Gasteiger partial charge in [0.25, 0.3) is 5.91 Å². The number of amides is 2. The van der Waals surface area contributed by atoms with E-state index in [1.165, 1.54) is 0 Å². The standard InChI is InChI=1S/C19H20Cl2N2O3/c1-2-26-17-7-4-3-6-16(17)19(25)22-9-5-8-18(24)23-15-11-13(20)10-14(21)12-15/h3-4,6-7,10-12H,2,5,8-9H2,1H3,(H,22,25)(H,23,24). The van der Waals surface area contributed by atoms with Crippen LogP contribution in [0.3, 0.4) is 0 Å². The molecule has 5 nitrogen and oxygen atoms in total. The van der Waals surface area contributed by atoms with Crippen LogP contribution in [0.4, 0.5) is 5.69 Å². The largest absolute Gasteiger partial charge is 0.493 e. The third kappa shape index (κ3) is 6.24. The molecular formula is C19H20Cl2N2O3. The van der Waals surface area contributed by atoms with Crippen molar-refractivity contribution in [3.63, 3.8) is 0 Å². The molecule has 0 atom stereocenters. The fourth-order valence-electron chi connectivity index (χ4n) is 2.33. The summed E-state index contributed by atoms with van der Waals surface area (Å²) in [6.07, 6.45) is 0.764. The van der Waals surface area contributed by atoms with Crippen LogP contribution in [0.5, 0.6) is 5.75 Å². The first-order valence-electron chi connectivity index (χ1n) is 8.25. The Kier molecular flexibility index (Phi) is 7.75. The maximum atomic E-state index is 12.2. The summed E-state index contributed by atoms with van der Waals surface area (Å²) in [5.41, 5.74) is 1.02. The van der Waals surface area contributed by atoms with Crippen LogP contribution in [-0.4, -0.2) is 25.0 Å². The van der Waals surface area contributed by atoms with E-state index in [0.717, 1.165) is 0 Å². The second-order valence-corrected chi connectivity index (χ2v) is 6.37. The Morgan fingerprint density at radius 3 is 2.46 bits per heavy atom. The van der Waals surface area contributed by atoms with Crippen molar-refractivity contribution >= 4 is 40.7 Å². The Bertz CT molecular complexity index is 761. The smallest absolute Gasteiger partial charge is 0.255 e. The van der Waals surface area contributed by atoms with Crippen LogP contribution >= 0.6 is 23.2 Å². The molecule has 26 heavy (non-hydrogen) atoms. The summed E-state index contributed by atoms with van der Waals surface area (Å²) >= 11 is 11.8. The summed E-state index contributed by atoms with van der Waals surface area (Å²) in [4.78, 5) is 24.2. The van der Waals surface area contributed by atoms with Crippen LogP contribution in [0.15, 0.2) is 42.5 Å². The molecule has 0 radical (unpaired) electrons. The summed E-state index contributed by atoms with van der Waals surface area (Å²) in [7, 11) is 0. The zero-order valence-electron chi connectivity index (χ0n) is 14.4. The quantitative estimate of drug-likeness (QED) is 0.645. The molecule has 0 bridgehead atoms. The molecule has 0 spiro atoms. The lowest BCUT2D eigenvalue weighted by atomic mass is 10.2. The number of halogens is 2. The molecule has 0 aliphatic carbocycles. The monoisotopic (exact) mass is 394 g/mol. The Morgan fingerprint density at radius 1 is 1.08 bits per heavy atom. The molecule has 0 heterocycles. The summed E-state index contributed by atoms with van der Waals surface area (Å²) in [6.45, 7) is 2.72. The van der Waals surface area contributed by atoms with Crippen molar-refractivity contribution in [2.24, 2.45) is 0 Å². The molecule has 0 fully saturated rings. The Morgan fingerprint density at radius 2 is 1.77 bits per heavy atom. The summed E-state index contributed by atoms with van der Waals surface area (Å²) < 4.78 is 5.44. The molecule has 0 saturated carbocycles. The molecule has 0 unspecified atom stereocenters. The molecule has 0 aromatic heterocycles. The van der Waals surface area contributed by atoms with Crippen LogP contribution in [0.1, 0.15) is 30.1 Å². The van der Waals surface area contributed by atoms with Crippen LogP contribution in [0, 0.1) is 0 Å². The van der Waals surface area contributed by atoms with Crippen molar-refractivity contribution in [1.82, 2.24) is 5.32 Å². The minimum atomic E-state index is -0.226. The Balaban J connectivity index is 1.77. The molecule has 2 N–H and O–H groups in total.